The van der Waals surface area contributed by atoms with Crippen molar-refractivity contribution in [1.29, 1.82) is 0 Å². The van der Waals surface area contributed by atoms with Crippen molar-refractivity contribution in [3.8, 4) is 0 Å². The number of nitrogens with one attached hydrogen (secondary N) is 1. The maximum absolute atomic E-state index is 12.8. The molecule has 2 N–H and O–H groups in total. The highest BCUT2D eigenvalue weighted by molar-refractivity contribution is 6.30. The van der Waals surface area contributed by atoms with Gasteiger partial charge in [0, 0.05) is 11.6 Å². The van der Waals surface area contributed by atoms with E-state index in [0.29, 0.717) is 24.8 Å². The van der Waals surface area contributed by atoms with Crippen molar-refractivity contribution < 1.29 is 9.90 Å². The molecular formula is C19H24ClNO2. The first-order valence-corrected chi connectivity index (χ1v) is 9.09. The van der Waals surface area contributed by atoms with Crippen LogP contribution < -0.4 is 5.32 Å². The number of hydrogen-bond acceptors (Lipinski definition) is 2. The highest BCUT2D eigenvalue weighted by Crippen LogP contribution is 2.61. The molecule has 0 spiro atoms. The second-order valence-corrected chi connectivity index (χ2v) is 8.54. The topological polar surface area (TPSA) is 49.3 Å². The number of halogens is 1. The summed E-state index contributed by atoms with van der Waals surface area (Å²) in [6.45, 7) is 0.634. The first-order valence-electron chi connectivity index (χ1n) is 8.72. The van der Waals surface area contributed by atoms with E-state index >= 15 is 0 Å². The average molecular weight is 334 g/mol. The first-order chi connectivity index (χ1) is 11.0. The second kappa shape index (κ2) is 5.49. The molecule has 0 aliphatic heterocycles. The number of rotatable bonds is 4. The smallest absolute Gasteiger partial charge is 0.226 e. The fourth-order valence-corrected chi connectivity index (χ4v) is 5.89. The Morgan fingerprint density at radius 3 is 2.65 bits per heavy atom. The highest BCUT2D eigenvalue weighted by Gasteiger charge is 2.59. The van der Waals surface area contributed by atoms with Gasteiger partial charge in [0.15, 0.2) is 0 Å². The van der Waals surface area contributed by atoms with Crippen molar-refractivity contribution in [3.63, 3.8) is 0 Å². The third-order valence-corrected chi connectivity index (χ3v) is 6.34. The summed E-state index contributed by atoms with van der Waals surface area (Å²) < 4.78 is 0. The Kier molecular flexibility index (Phi) is 3.69. The quantitative estimate of drug-likeness (QED) is 0.888. The molecule has 4 bridgehead atoms. The third-order valence-electron chi connectivity index (χ3n) is 6.10. The summed E-state index contributed by atoms with van der Waals surface area (Å²) in [6, 6.07) is 7.78. The van der Waals surface area contributed by atoms with Crippen molar-refractivity contribution in [2.75, 3.05) is 6.54 Å². The molecule has 1 aromatic rings. The van der Waals surface area contributed by atoms with E-state index in [4.69, 9.17) is 11.6 Å². The van der Waals surface area contributed by atoms with E-state index in [0.717, 1.165) is 42.7 Å². The van der Waals surface area contributed by atoms with Crippen LogP contribution in [-0.2, 0) is 11.2 Å². The largest absolute Gasteiger partial charge is 0.390 e. The summed E-state index contributed by atoms with van der Waals surface area (Å²) in [7, 11) is 0. The van der Waals surface area contributed by atoms with Gasteiger partial charge in [-0.15, -0.1) is 0 Å². The molecule has 3 nitrogen and oxygen atoms in total. The molecule has 1 aromatic carbocycles. The number of carbonyl (C=O) groups is 1. The second-order valence-electron chi connectivity index (χ2n) is 8.10. The molecule has 0 heterocycles. The van der Waals surface area contributed by atoms with Gasteiger partial charge >= 0.3 is 0 Å². The van der Waals surface area contributed by atoms with Crippen LogP contribution in [0.1, 0.15) is 44.1 Å². The zero-order chi connectivity index (χ0) is 16.1. The van der Waals surface area contributed by atoms with Crippen LogP contribution in [0, 0.1) is 17.3 Å². The molecular weight excluding hydrogens is 310 g/mol. The normalized spacial score (nSPS) is 37.8. The molecule has 0 saturated heterocycles. The molecule has 1 amide bonds. The number of carbonyl (C=O) groups excluding carboxylic acids is 1. The van der Waals surface area contributed by atoms with Crippen molar-refractivity contribution >= 4 is 17.5 Å². The number of benzene rings is 1. The minimum Gasteiger partial charge on any atom is -0.390 e. The van der Waals surface area contributed by atoms with Gasteiger partial charge in [0.1, 0.15) is 0 Å². The van der Waals surface area contributed by atoms with Gasteiger partial charge in [-0.3, -0.25) is 4.79 Å². The predicted molar refractivity (Wildman–Crippen MR) is 90.2 cm³/mol. The van der Waals surface area contributed by atoms with Gasteiger partial charge < -0.3 is 10.4 Å². The fraction of sp³-hybridized carbons (Fsp3) is 0.632. The van der Waals surface area contributed by atoms with Crippen LogP contribution >= 0.6 is 11.6 Å². The van der Waals surface area contributed by atoms with Gasteiger partial charge in [-0.1, -0.05) is 23.7 Å². The SMILES string of the molecule is O=C(NCCc1cccc(Cl)c1)C12CC3CC(CC(O)(C3)C1)C2. The molecule has 0 aromatic heterocycles. The average Bonchev–Trinajstić information content (AvgIpc) is 2.44. The lowest BCUT2D eigenvalue weighted by Gasteiger charge is -2.59. The van der Waals surface area contributed by atoms with E-state index in [1.165, 1.54) is 6.42 Å². The standard InChI is InChI=1S/C19H24ClNO2/c20-16-3-1-2-13(7-16)4-5-21-17(22)18-8-14-6-15(9-18)11-19(23,10-14)12-18/h1-3,7,14-15,23H,4-6,8-12H2,(H,21,22). The zero-order valence-corrected chi connectivity index (χ0v) is 14.1. The summed E-state index contributed by atoms with van der Waals surface area (Å²) in [5.41, 5.74) is 0.253. The van der Waals surface area contributed by atoms with Crippen LogP contribution in [0.4, 0.5) is 0 Å². The van der Waals surface area contributed by atoms with Crippen LogP contribution in [0.5, 0.6) is 0 Å². The highest BCUT2D eigenvalue weighted by atomic mass is 35.5. The van der Waals surface area contributed by atoms with Crippen molar-refractivity contribution in [1.82, 2.24) is 5.32 Å². The Morgan fingerprint density at radius 2 is 2.00 bits per heavy atom. The lowest BCUT2D eigenvalue weighted by Crippen LogP contribution is -2.60. The summed E-state index contributed by atoms with van der Waals surface area (Å²) in [5, 5.41) is 14.6. The Labute approximate surface area is 142 Å². The fourth-order valence-electron chi connectivity index (χ4n) is 5.68. The van der Waals surface area contributed by atoms with Gasteiger partial charge in [-0.05, 0) is 74.5 Å². The summed E-state index contributed by atoms with van der Waals surface area (Å²) in [5.74, 6) is 1.24. The van der Waals surface area contributed by atoms with Gasteiger partial charge in [0.2, 0.25) is 5.91 Å². The maximum atomic E-state index is 12.8. The number of hydrogen-bond donors (Lipinski definition) is 2. The van der Waals surface area contributed by atoms with E-state index in [1.54, 1.807) is 0 Å². The molecule has 4 heteroatoms. The van der Waals surface area contributed by atoms with Crippen LogP contribution in [0.15, 0.2) is 24.3 Å². The number of amides is 1. The van der Waals surface area contributed by atoms with Crippen LogP contribution in [0.25, 0.3) is 0 Å². The lowest BCUT2D eigenvalue weighted by atomic mass is 9.47. The van der Waals surface area contributed by atoms with Crippen LogP contribution in [0.2, 0.25) is 5.02 Å². The van der Waals surface area contributed by atoms with Crippen molar-refractivity contribution in [2.45, 2.75) is 50.5 Å². The minimum atomic E-state index is -0.575. The maximum Gasteiger partial charge on any atom is 0.226 e. The third kappa shape index (κ3) is 2.89. The van der Waals surface area contributed by atoms with E-state index in [-0.39, 0.29) is 11.3 Å². The van der Waals surface area contributed by atoms with Crippen molar-refractivity contribution in [2.24, 2.45) is 17.3 Å². The van der Waals surface area contributed by atoms with E-state index in [9.17, 15) is 9.90 Å². The molecule has 5 rings (SSSR count). The molecule has 23 heavy (non-hydrogen) atoms. The van der Waals surface area contributed by atoms with Gasteiger partial charge in [0.25, 0.3) is 0 Å². The summed E-state index contributed by atoms with van der Waals surface area (Å²) >= 11 is 6.00. The van der Waals surface area contributed by atoms with Gasteiger partial charge in [-0.2, -0.15) is 0 Å². The summed E-state index contributed by atoms with van der Waals surface area (Å²) in [6.07, 6.45) is 6.40. The van der Waals surface area contributed by atoms with E-state index in [1.807, 2.05) is 24.3 Å². The Hall–Kier alpha value is -1.06. The minimum absolute atomic E-state index is 0.159. The van der Waals surface area contributed by atoms with Crippen LogP contribution in [0.3, 0.4) is 0 Å². The lowest BCUT2D eigenvalue weighted by molar-refractivity contribution is -0.178. The monoisotopic (exact) mass is 333 g/mol. The zero-order valence-electron chi connectivity index (χ0n) is 13.4. The molecule has 4 aliphatic carbocycles. The molecule has 4 aliphatic rings. The molecule has 2 unspecified atom stereocenters. The van der Waals surface area contributed by atoms with E-state index < -0.39 is 5.60 Å². The van der Waals surface area contributed by atoms with Crippen LogP contribution in [-0.4, -0.2) is 23.2 Å². The molecule has 4 saturated carbocycles. The Balaban J connectivity index is 1.39. The van der Waals surface area contributed by atoms with E-state index in [2.05, 4.69) is 5.32 Å². The molecule has 2 atom stereocenters. The summed E-state index contributed by atoms with van der Waals surface area (Å²) in [4.78, 5) is 12.8. The van der Waals surface area contributed by atoms with Gasteiger partial charge in [-0.25, -0.2) is 0 Å². The van der Waals surface area contributed by atoms with Gasteiger partial charge in [0.05, 0.1) is 11.0 Å². The molecule has 4 fully saturated rings. The Morgan fingerprint density at radius 1 is 1.26 bits per heavy atom. The molecule has 0 radical (unpaired) electrons. The van der Waals surface area contributed by atoms with Crippen molar-refractivity contribution in [3.05, 3.63) is 34.9 Å². The Bertz CT molecular complexity index is 616. The number of aliphatic hydroxyl groups is 1. The predicted octanol–water partition coefficient (Wildman–Crippen LogP) is 3.33. The molecule has 124 valence electrons. The first kappa shape index (κ1) is 15.5.